The number of halogens is 1. The van der Waals surface area contributed by atoms with Crippen molar-refractivity contribution in [2.24, 2.45) is 0 Å². The molecule has 2 aromatic carbocycles. The quantitative estimate of drug-likeness (QED) is 0.738. The summed E-state index contributed by atoms with van der Waals surface area (Å²) in [5.41, 5.74) is 3.33. The molecule has 3 aromatic rings. The van der Waals surface area contributed by atoms with E-state index in [1.165, 1.54) is 0 Å². The Kier molecular flexibility index (Phi) is 3.62. The number of pyridine rings is 1. The highest BCUT2D eigenvalue weighted by Gasteiger charge is 2.25. The Morgan fingerprint density at radius 2 is 1.91 bits per heavy atom. The van der Waals surface area contributed by atoms with Crippen molar-refractivity contribution in [3.8, 4) is 11.3 Å². The standard InChI is InChI=1S/C19H15BrN2O/c20-13-5-3-4-12(10-13)18-11-16(19(23)21-14-8-9-14)15-6-1-2-7-17(15)22-18/h1-7,10-11,14H,8-9H2,(H,21,23). The maximum Gasteiger partial charge on any atom is 0.252 e. The number of rotatable bonds is 3. The molecule has 0 unspecified atom stereocenters. The second-order valence-corrected chi connectivity index (χ2v) is 6.75. The van der Waals surface area contributed by atoms with E-state index in [2.05, 4.69) is 21.2 Å². The van der Waals surface area contributed by atoms with Gasteiger partial charge in [0.15, 0.2) is 0 Å². The molecule has 114 valence electrons. The molecule has 23 heavy (non-hydrogen) atoms. The van der Waals surface area contributed by atoms with Gasteiger partial charge in [0.05, 0.1) is 16.8 Å². The van der Waals surface area contributed by atoms with Crippen LogP contribution in [-0.2, 0) is 0 Å². The van der Waals surface area contributed by atoms with Crippen LogP contribution < -0.4 is 5.32 Å². The van der Waals surface area contributed by atoms with Crippen LogP contribution in [0.5, 0.6) is 0 Å². The highest BCUT2D eigenvalue weighted by atomic mass is 79.9. The summed E-state index contributed by atoms with van der Waals surface area (Å²) in [6, 6.07) is 18.0. The molecular weight excluding hydrogens is 352 g/mol. The van der Waals surface area contributed by atoms with E-state index in [9.17, 15) is 4.79 Å². The maximum absolute atomic E-state index is 12.6. The first kappa shape index (κ1) is 14.4. The van der Waals surface area contributed by atoms with Gasteiger partial charge in [-0.2, -0.15) is 0 Å². The van der Waals surface area contributed by atoms with Gasteiger partial charge < -0.3 is 5.32 Å². The first-order valence-electron chi connectivity index (χ1n) is 7.67. The minimum atomic E-state index is -0.0117. The Balaban J connectivity index is 1.87. The summed E-state index contributed by atoms with van der Waals surface area (Å²) in [6.07, 6.45) is 2.15. The normalized spacial score (nSPS) is 14.0. The van der Waals surface area contributed by atoms with Gasteiger partial charge in [-0.05, 0) is 37.1 Å². The predicted molar refractivity (Wildman–Crippen MR) is 95.4 cm³/mol. The summed E-state index contributed by atoms with van der Waals surface area (Å²) in [5, 5.41) is 3.97. The molecule has 0 bridgehead atoms. The van der Waals surface area contributed by atoms with Crippen LogP contribution in [-0.4, -0.2) is 16.9 Å². The molecule has 1 heterocycles. The number of hydrogen-bond donors (Lipinski definition) is 1. The number of amides is 1. The first-order valence-corrected chi connectivity index (χ1v) is 8.46. The van der Waals surface area contributed by atoms with Crippen molar-refractivity contribution in [2.45, 2.75) is 18.9 Å². The molecule has 0 radical (unpaired) electrons. The highest BCUT2D eigenvalue weighted by Crippen LogP contribution is 2.27. The van der Waals surface area contributed by atoms with Crippen LogP contribution in [0.15, 0.2) is 59.1 Å². The lowest BCUT2D eigenvalue weighted by atomic mass is 10.0. The zero-order chi connectivity index (χ0) is 15.8. The zero-order valence-corrected chi connectivity index (χ0v) is 14.0. The van der Waals surface area contributed by atoms with E-state index in [4.69, 9.17) is 4.98 Å². The van der Waals surface area contributed by atoms with Gasteiger partial charge >= 0.3 is 0 Å². The minimum Gasteiger partial charge on any atom is -0.349 e. The van der Waals surface area contributed by atoms with Crippen LogP contribution in [0.2, 0.25) is 0 Å². The number of fused-ring (bicyclic) bond motifs is 1. The fourth-order valence-corrected chi connectivity index (χ4v) is 3.05. The summed E-state index contributed by atoms with van der Waals surface area (Å²) in [7, 11) is 0. The largest absolute Gasteiger partial charge is 0.349 e. The Morgan fingerprint density at radius 3 is 2.70 bits per heavy atom. The van der Waals surface area contributed by atoms with E-state index in [1.54, 1.807) is 0 Å². The van der Waals surface area contributed by atoms with Crippen LogP contribution in [0.4, 0.5) is 0 Å². The Hall–Kier alpha value is -2.20. The average molecular weight is 367 g/mol. The summed E-state index contributed by atoms with van der Waals surface area (Å²) < 4.78 is 0.994. The third kappa shape index (κ3) is 2.99. The third-order valence-electron chi connectivity index (χ3n) is 3.99. The van der Waals surface area contributed by atoms with Gasteiger partial charge in [-0.25, -0.2) is 4.98 Å². The molecular formula is C19H15BrN2O. The third-order valence-corrected chi connectivity index (χ3v) is 4.49. The fraction of sp³-hybridized carbons (Fsp3) is 0.158. The van der Waals surface area contributed by atoms with E-state index >= 15 is 0 Å². The van der Waals surface area contributed by atoms with E-state index < -0.39 is 0 Å². The van der Waals surface area contributed by atoms with Crippen molar-refractivity contribution in [3.63, 3.8) is 0 Å². The average Bonchev–Trinajstić information content (AvgIpc) is 3.37. The number of carbonyl (C=O) groups excluding carboxylic acids is 1. The van der Waals surface area contributed by atoms with E-state index in [-0.39, 0.29) is 5.91 Å². The number of nitrogens with zero attached hydrogens (tertiary/aromatic N) is 1. The lowest BCUT2D eigenvalue weighted by Gasteiger charge is -2.10. The fourth-order valence-electron chi connectivity index (χ4n) is 2.65. The van der Waals surface area contributed by atoms with Crippen molar-refractivity contribution in [2.75, 3.05) is 0 Å². The summed E-state index contributed by atoms with van der Waals surface area (Å²) in [5.74, 6) is -0.0117. The molecule has 1 aliphatic rings. The molecule has 1 aliphatic carbocycles. The number of nitrogens with one attached hydrogen (secondary N) is 1. The Bertz CT molecular complexity index is 903. The van der Waals surface area contributed by atoms with Crippen LogP contribution in [0.25, 0.3) is 22.2 Å². The lowest BCUT2D eigenvalue weighted by Crippen LogP contribution is -2.25. The van der Waals surface area contributed by atoms with Gasteiger partial charge in [0.2, 0.25) is 0 Å². The second kappa shape index (κ2) is 5.78. The van der Waals surface area contributed by atoms with Crippen LogP contribution in [0.3, 0.4) is 0 Å². The Morgan fingerprint density at radius 1 is 1.09 bits per heavy atom. The topological polar surface area (TPSA) is 42.0 Å². The SMILES string of the molecule is O=C(NC1CC1)c1cc(-c2cccc(Br)c2)nc2ccccc12. The molecule has 0 spiro atoms. The summed E-state index contributed by atoms with van der Waals surface area (Å²) in [6.45, 7) is 0. The molecule has 3 nitrogen and oxygen atoms in total. The van der Waals surface area contributed by atoms with E-state index in [0.29, 0.717) is 11.6 Å². The zero-order valence-electron chi connectivity index (χ0n) is 12.4. The Labute approximate surface area is 142 Å². The number of benzene rings is 2. The lowest BCUT2D eigenvalue weighted by molar-refractivity contribution is 0.0952. The maximum atomic E-state index is 12.6. The van der Waals surface area contributed by atoms with Crippen molar-refractivity contribution < 1.29 is 4.79 Å². The molecule has 1 saturated carbocycles. The van der Waals surface area contributed by atoms with Crippen molar-refractivity contribution in [1.29, 1.82) is 0 Å². The number of aromatic nitrogens is 1. The predicted octanol–water partition coefficient (Wildman–Crippen LogP) is 4.56. The molecule has 0 aliphatic heterocycles. The molecule has 1 N–H and O–H groups in total. The van der Waals surface area contributed by atoms with Crippen molar-refractivity contribution in [3.05, 3.63) is 64.6 Å². The second-order valence-electron chi connectivity index (χ2n) is 5.83. The van der Waals surface area contributed by atoms with Crippen molar-refractivity contribution >= 4 is 32.7 Å². The minimum absolute atomic E-state index is 0.0117. The van der Waals surface area contributed by atoms with Crippen LogP contribution in [0, 0.1) is 0 Å². The molecule has 1 amide bonds. The molecule has 1 aromatic heterocycles. The molecule has 4 heteroatoms. The van der Waals surface area contributed by atoms with Gasteiger partial charge in [-0.15, -0.1) is 0 Å². The molecule has 1 fully saturated rings. The smallest absolute Gasteiger partial charge is 0.252 e. The van der Waals surface area contributed by atoms with Crippen LogP contribution >= 0.6 is 15.9 Å². The van der Waals surface area contributed by atoms with Gasteiger partial charge in [0.1, 0.15) is 0 Å². The van der Waals surface area contributed by atoms with Crippen molar-refractivity contribution in [1.82, 2.24) is 10.3 Å². The number of para-hydroxylation sites is 1. The van der Waals surface area contributed by atoms with Gasteiger partial charge in [0, 0.05) is 21.5 Å². The van der Waals surface area contributed by atoms with Gasteiger partial charge in [-0.1, -0.05) is 46.3 Å². The summed E-state index contributed by atoms with van der Waals surface area (Å²) >= 11 is 3.49. The molecule has 4 rings (SSSR count). The highest BCUT2D eigenvalue weighted by molar-refractivity contribution is 9.10. The molecule has 0 atom stereocenters. The van der Waals surface area contributed by atoms with Gasteiger partial charge in [0.25, 0.3) is 5.91 Å². The molecule has 0 saturated heterocycles. The number of hydrogen-bond acceptors (Lipinski definition) is 2. The van der Waals surface area contributed by atoms with E-state index in [1.807, 2.05) is 54.6 Å². The van der Waals surface area contributed by atoms with Crippen LogP contribution in [0.1, 0.15) is 23.2 Å². The van der Waals surface area contributed by atoms with E-state index in [0.717, 1.165) is 39.5 Å². The summed E-state index contributed by atoms with van der Waals surface area (Å²) in [4.78, 5) is 17.3. The number of carbonyl (C=O) groups is 1. The van der Waals surface area contributed by atoms with Gasteiger partial charge in [-0.3, -0.25) is 4.79 Å². The first-order chi connectivity index (χ1) is 11.2. The monoisotopic (exact) mass is 366 g/mol.